The van der Waals surface area contributed by atoms with E-state index >= 15 is 0 Å². The Morgan fingerprint density at radius 1 is 1.45 bits per heavy atom. The van der Waals surface area contributed by atoms with Gasteiger partial charge in [-0.2, -0.15) is 0 Å². The molecule has 1 atom stereocenters. The van der Waals surface area contributed by atoms with Gasteiger partial charge in [-0.1, -0.05) is 0 Å². The zero-order chi connectivity index (χ0) is 14.2. The number of aromatic nitrogens is 2. The Morgan fingerprint density at radius 2 is 2.30 bits per heavy atom. The van der Waals surface area contributed by atoms with Crippen molar-refractivity contribution < 1.29 is 5.11 Å². The molecular formula is C14H22N4OS. The number of anilines is 1. The monoisotopic (exact) mass is 294 g/mol. The third-order valence-electron chi connectivity index (χ3n) is 4.05. The van der Waals surface area contributed by atoms with Crippen LogP contribution in [0.3, 0.4) is 0 Å². The summed E-state index contributed by atoms with van der Waals surface area (Å²) in [6.07, 6.45) is 4.76. The third kappa shape index (κ3) is 2.55. The second kappa shape index (κ2) is 5.35. The van der Waals surface area contributed by atoms with Crippen molar-refractivity contribution in [1.29, 1.82) is 0 Å². The fourth-order valence-electron chi connectivity index (χ4n) is 2.88. The number of nitrogens with zero attached hydrogens (tertiary/aromatic N) is 3. The van der Waals surface area contributed by atoms with E-state index in [9.17, 15) is 5.11 Å². The van der Waals surface area contributed by atoms with Crippen LogP contribution in [-0.4, -0.2) is 40.2 Å². The van der Waals surface area contributed by atoms with E-state index in [1.807, 2.05) is 14.0 Å². The molecule has 2 N–H and O–H groups in total. The van der Waals surface area contributed by atoms with Crippen LogP contribution in [0.4, 0.5) is 5.82 Å². The maximum atomic E-state index is 10.2. The van der Waals surface area contributed by atoms with Crippen LogP contribution in [0.1, 0.15) is 31.9 Å². The number of aliphatic hydroxyl groups is 1. The Bertz CT molecular complexity index is 589. The summed E-state index contributed by atoms with van der Waals surface area (Å²) in [4.78, 5) is 8.16. The SMILES string of the molecule is CNCc1c(N2CCCC(C)(O)CC2)nc2sccn12. The number of imidazole rings is 1. The quantitative estimate of drug-likeness (QED) is 0.907. The van der Waals surface area contributed by atoms with E-state index in [0.29, 0.717) is 0 Å². The van der Waals surface area contributed by atoms with Crippen molar-refractivity contribution >= 4 is 22.1 Å². The highest BCUT2D eigenvalue weighted by atomic mass is 32.1. The standard InChI is InChI=1S/C14H22N4OS/c1-14(19)4-3-6-17(7-5-14)12-11(10-15-2)18-8-9-20-13(18)16-12/h8-9,15,19H,3-7,10H2,1-2H3. The summed E-state index contributed by atoms with van der Waals surface area (Å²) in [5.41, 5.74) is 0.681. The van der Waals surface area contributed by atoms with Crippen LogP contribution in [0.15, 0.2) is 11.6 Å². The first kappa shape index (κ1) is 13.9. The van der Waals surface area contributed by atoms with Gasteiger partial charge in [0.15, 0.2) is 10.8 Å². The minimum absolute atomic E-state index is 0.533. The predicted molar refractivity (Wildman–Crippen MR) is 82.5 cm³/mol. The summed E-state index contributed by atoms with van der Waals surface area (Å²) >= 11 is 1.67. The molecule has 5 nitrogen and oxygen atoms in total. The molecule has 0 spiro atoms. The van der Waals surface area contributed by atoms with Crippen molar-refractivity contribution in [1.82, 2.24) is 14.7 Å². The first-order valence-corrected chi connectivity index (χ1v) is 8.05. The lowest BCUT2D eigenvalue weighted by atomic mass is 9.98. The Morgan fingerprint density at radius 3 is 3.10 bits per heavy atom. The molecule has 0 amide bonds. The van der Waals surface area contributed by atoms with Crippen molar-refractivity contribution in [3.8, 4) is 0 Å². The molecule has 1 aliphatic heterocycles. The van der Waals surface area contributed by atoms with E-state index < -0.39 is 5.60 Å². The number of thiazole rings is 1. The number of hydrogen-bond donors (Lipinski definition) is 2. The molecule has 2 aromatic rings. The second-order valence-electron chi connectivity index (χ2n) is 5.81. The van der Waals surface area contributed by atoms with Gasteiger partial charge in [-0.15, -0.1) is 11.3 Å². The number of fused-ring (bicyclic) bond motifs is 1. The second-order valence-corrected chi connectivity index (χ2v) is 6.68. The predicted octanol–water partition coefficient (Wildman–Crippen LogP) is 1.86. The highest BCUT2D eigenvalue weighted by Crippen LogP contribution is 2.29. The van der Waals surface area contributed by atoms with Crippen LogP contribution >= 0.6 is 11.3 Å². The molecule has 0 radical (unpaired) electrons. The average molecular weight is 294 g/mol. The Kier molecular flexibility index (Phi) is 3.70. The van der Waals surface area contributed by atoms with Crippen molar-refractivity contribution in [2.75, 3.05) is 25.0 Å². The van der Waals surface area contributed by atoms with E-state index in [-0.39, 0.29) is 0 Å². The minimum Gasteiger partial charge on any atom is -0.390 e. The van der Waals surface area contributed by atoms with Crippen molar-refractivity contribution in [2.45, 2.75) is 38.3 Å². The first-order valence-electron chi connectivity index (χ1n) is 7.17. The lowest BCUT2D eigenvalue weighted by Gasteiger charge is -2.23. The molecule has 1 fully saturated rings. The maximum Gasteiger partial charge on any atom is 0.195 e. The molecule has 110 valence electrons. The summed E-state index contributed by atoms with van der Waals surface area (Å²) in [5, 5.41) is 15.5. The van der Waals surface area contributed by atoms with E-state index in [1.54, 1.807) is 11.3 Å². The van der Waals surface area contributed by atoms with E-state index in [1.165, 1.54) is 5.69 Å². The smallest absolute Gasteiger partial charge is 0.195 e. The summed E-state index contributed by atoms with van der Waals surface area (Å²) in [6.45, 7) is 4.59. The third-order valence-corrected chi connectivity index (χ3v) is 4.80. The molecule has 2 aromatic heterocycles. The molecule has 1 aliphatic rings. The van der Waals surface area contributed by atoms with Crippen LogP contribution in [0.25, 0.3) is 4.96 Å². The Labute approximate surface area is 123 Å². The molecule has 20 heavy (non-hydrogen) atoms. The highest BCUT2D eigenvalue weighted by molar-refractivity contribution is 7.15. The fraction of sp³-hybridized carbons (Fsp3) is 0.643. The van der Waals surface area contributed by atoms with Gasteiger partial charge in [0.25, 0.3) is 0 Å². The van der Waals surface area contributed by atoms with Gasteiger partial charge in [-0.05, 0) is 33.2 Å². The van der Waals surface area contributed by atoms with Crippen LogP contribution in [0, 0.1) is 0 Å². The van der Waals surface area contributed by atoms with Gasteiger partial charge in [0.2, 0.25) is 0 Å². The van der Waals surface area contributed by atoms with Crippen molar-refractivity contribution in [2.24, 2.45) is 0 Å². The fourth-order valence-corrected chi connectivity index (χ4v) is 3.61. The zero-order valence-corrected chi connectivity index (χ0v) is 12.9. The molecule has 3 rings (SSSR count). The van der Waals surface area contributed by atoms with Gasteiger partial charge in [-0.3, -0.25) is 4.40 Å². The number of hydrogen-bond acceptors (Lipinski definition) is 5. The van der Waals surface area contributed by atoms with Gasteiger partial charge >= 0.3 is 0 Å². The molecule has 3 heterocycles. The molecular weight excluding hydrogens is 272 g/mol. The van der Waals surface area contributed by atoms with Gasteiger partial charge in [0.05, 0.1) is 11.3 Å². The molecule has 0 aliphatic carbocycles. The van der Waals surface area contributed by atoms with Crippen molar-refractivity contribution in [3.63, 3.8) is 0 Å². The van der Waals surface area contributed by atoms with Crippen LogP contribution in [-0.2, 0) is 6.54 Å². The number of rotatable bonds is 3. The van der Waals surface area contributed by atoms with Gasteiger partial charge in [0.1, 0.15) is 0 Å². The summed E-state index contributed by atoms with van der Waals surface area (Å²) in [6, 6.07) is 0. The zero-order valence-electron chi connectivity index (χ0n) is 12.1. The van der Waals surface area contributed by atoms with Gasteiger partial charge in [0, 0.05) is 31.2 Å². The van der Waals surface area contributed by atoms with Crippen LogP contribution in [0.5, 0.6) is 0 Å². The average Bonchev–Trinajstić information content (AvgIpc) is 2.91. The van der Waals surface area contributed by atoms with Crippen LogP contribution < -0.4 is 10.2 Å². The van der Waals surface area contributed by atoms with Gasteiger partial charge < -0.3 is 15.3 Å². The maximum absolute atomic E-state index is 10.2. The summed E-state index contributed by atoms with van der Waals surface area (Å²) < 4.78 is 2.17. The minimum atomic E-state index is -0.533. The highest BCUT2D eigenvalue weighted by Gasteiger charge is 2.27. The van der Waals surface area contributed by atoms with E-state index in [4.69, 9.17) is 4.98 Å². The molecule has 6 heteroatoms. The first-order chi connectivity index (χ1) is 9.61. The van der Waals surface area contributed by atoms with E-state index in [0.717, 1.165) is 49.7 Å². The van der Waals surface area contributed by atoms with E-state index in [2.05, 4.69) is 26.2 Å². The van der Waals surface area contributed by atoms with Crippen molar-refractivity contribution in [3.05, 3.63) is 17.3 Å². The largest absolute Gasteiger partial charge is 0.390 e. The molecule has 1 unspecified atom stereocenters. The topological polar surface area (TPSA) is 52.8 Å². The van der Waals surface area contributed by atoms with Crippen LogP contribution in [0.2, 0.25) is 0 Å². The molecule has 0 bridgehead atoms. The number of nitrogens with one attached hydrogen (secondary N) is 1. The summed E-state index contributed by atoms with van der Waals surface area (Å²) in [5.74, 6) is 1.07. The lowest BCUT2D eigenvalue weighted by molar-refractivity contribution is 0.0481. The molecule has 0 aromatic carbocycles. The Balaban J connectivity index is 1.92. The Hall–Kier alpha value is -1.11. The molecule has 1 saturated heterocycles. The lowest BCUT2D eigenvalue weighted by Crippen LogP contribution is -2.29. The summed E-state index contributed by atoms with van der Waals surface area (Å²) in [7, 11) is 1.96. The normalized spacial score (nSPS) is 24.2. The molecule has 0 saturated carbocycles. The van der Waals surface area contributed by atoms with Gasteiger partial charge in [-0.25, -0.2) is 4.98 Å².